The quantitative estimate of drug-likeness (QED) is 0.515. The second kappa shape index (κ2) is 8.97. The zero-order chi connectivity index (χ0) is 20.8. The van der Waals surface area contributed by atoms with Crippen LogP contribution in [-0.4, -0.2) is 29.4 Å². The molecule has 7 heteroatoms. The first-order valence-corrected chi connectivity index (χ1v) is 9.16. The number of hydrogen-bond acceptors (Lipinski definition) is 5. The lowest BCUT2D eigenvalue weighted by atomic mass is 10.0. The molecule has 29 heavy (non-hydrogen) atoms. The Morgan fingerprint density at radius 3 is 2.38 bits per heavy atom. The van der Waals surface area contributed by atoms with Gasteiger partial charge in [0, 0.05) is 16.6 Å². The van der Waals surface area contributed by atoms with Gasteiger partial charge in [0.15, 0.2) is 6.61 Å². The predicted molar refractivity (Wildman–Crippen MR) is 108 cm³/mol. The highest BCUT2D eigenvalue weighted by Gasteiger charge is 2.17. The summed E-state index contributed by atoms with van der Waals surface area (Å²) in [5.74, 6) is -1.62. The van der Waals surface area contributed by atoms with Crippen molar-refractivity contribution in [3.63, 3.8) is 0 Å². The number of amides is 2. The van der Waals surface area contributed by atoms with Crippen molar-refractivity contribution in [3.8, 4) is 0 Å². The van der Waals surface area contributed by atoms with Crippen LogP contribution >= 0.6 is 0 Å². The number of nitrogens with one attached hydrogen (secondary N) is 2. The van der Waals surface area contributed by atoms with Gasteiger partial charge in [-0.1, -0.05) is 50.2 Å². The van der Waals surface area contributed by atoms with E-state index in [0.717, 1.165) is 5.69 Å². The Morgan fingerprint density at radius 1 is 0.966 bits per heavy atom. The number of benzene rings is 2. The van der Waals surface area contributed by atoms with Crippen LogP contribution in [0.2, 0.25) is 0 Å². The van der Waals surface area contributed by atoms with Crippen molar-refractivity contribution in [1.82, 2.24) is 15.8 Å². The zero-order valence-electron chi connectivity index (χ0n) is 16.1. The van der Waals surface area contributed by atoms with E-state index in [4.69, 9.17) is 4.74 Å². The van der Waals surface area contributed by atoms with E-state index in [0.29, 0.717) is 22.0 Å². The molecule has 1 aromatic heterocycles. The van der Waals surface area contributed by atoms with Crippen molar-refractivity contribution in [3.05, 3.63) is 77.5 Å². The van der Waals surface area contributed by atoms with Crippen LogP contribution in [0.1, 0.15) is 46.2 Å². The van der Waals surface area contributed by atoms with Crippen LogP contribution in [0, 0.1) is 0 Å². The van der Waals surface area contributed by atoms with Crippen molar-refractivity contribution in [2.75, 3.05) is 6.61 Å². The summed E-state index contributed by atoms with van der Waals surface area (Å²) in [4.78, 5) is 41.0. The number of carbonyl (C=O) groups excluding carboxylic acids is 3. The fourth-order valence-corrected chi connectivity index (χ4v) is 2.69. The van der Waals surface area contributed by atoms with E-state index in [9.17, 15) is 14.4 Å². The summed E-state index contributed by atoms with van der Waals surface area (Å²) >= 11 is 0. The predicted octanol–water partition coefficient (Wildman–Crippen LogP) is 2.98. The summed E-state index contributed by atoms with van der Waals surface area (Å²) in [5.41, 5.74) is 6.69. The monoisotopic (exact) mass is 391 g/mol. The third kappa shape index (κ3) is 4.95. The van der Waals surface area contributed by atoms with Crippen LogP contribution in [-0.2, 0) is 9.53 Å². The molecular weight excluding hydrogens is 370 g/mol. The molecule has 1 heterocycles. The summed E-state index contributed by atoms with van der Waals surface area (Å²) in [6.07, 6.45) is 0. The van der Waals surface area contributed by atoms with E-state index in [-0.39, 0.29) is 5.92 Å². The minimum Gasteiger partial charge on any atom is -0.452 e. The number of rotatable bonds is 5. The van der Waals surface area contributed by atoms with E-state index in [1.54, 1.807) is 42.5 Å². The molecule has 0 saturated heterocycles. The first-order valence-electron chi connectivity index (χ1n) is 9.16. The van der Waals surface area contributed by atoms with Crippen LogP contribution in [0.25, 0.3) is 10.9 Å². The fraction of sp³-hybridized carbons (Fsp3) is 0.182. The van der Waals surface area contributed by atoms with Crippen LogP contribution in [0.15, 0.2) is 60.7 Å². The number of carbonyl (C=O) groups is 3. The molecule has 2 N–H and O–H groups in total. The van der Waals surface area contributed by atoms with E-state index < -0.39 is 24.4 Å². The number of aromatic nitrogens is 1. The minimum absolute atomic E-state index is 0.127. The number of nitrogens with zero attached hydrogens (tertiary/aromatic N) is 1. The molecule has 0 atom stereocenters. The van der Waals surface area contributed by atoms with Crippen molar-refractivity contribution in [1.29, 1.82) is 0 Å². The molecular formula is C22H21N3O4. The molecule has 0 aliphatic rings. The molecule has 2 aromatic carbocycles. The SMILES string of the molecule is CC(C)c1cc(C(=O)OCC(=O)NNC(=O)c2ccccc2)c2ccccc2n1. The largest absolute Gasteiger partial charge is 0.452 e. The van der Waals surface area contributed by atoms with Gasteiger partial charge < -0.3 is 4.74 Å². The molecule has 0 fully saturated rings. The Bertz CT molecular complexity index is 1050. The lowest BCUT2D eigenvalue weighted by molar-refractivity contribution is -0.125. The van der Waals surface area contributed by atoms with Gasteiger partial charge in [-0.15, -0.1) is 0 Å². The number of esters is 1. The minimum atomic E-state index is -0.648. The van der Waals surface area contributed by atoms with Crippen molar-refractivity contribution >= 4 is 28.7 Å². The van der Waals surface area contributed by atoms with Gasteiger partial charge in [-0.25, -0.2) is 4.79 Å². The lowest BCUT2D eigenvalue weighted by Crippen LogP contribution is -2.43. The molecule has 3 aromatic rings. The highest BCUT2D eigenvalue weighted by molar-refractivity contribution is 6.04. The number of pyridine rings is 1. The maximum absolute atomic E-state index is 12.6. The first-order chi connectivity index (χ1) is 14.0. The number of hydrogen-bond donors (Lipinski definition) is 2. The average molecular weight is 391 g/mol. The van der Waals surface area contributed by atoms with Crippen LogP contribution in [0.5, 0.6) is 0 Å². The second-order valence-corrected chi connectivity index (χ2v) is 6.71. The molecule has 0 unspecified atom stereocenters. The number of fused-ring (bicyclic) bond motifs is 1. The topological polar surface area (TPSA) is 97.4 Å². The second-order valence-electron chi connectivity index (χ2n) is 6.71. The molecule has 7 nitrogen and oxygen atoms in total. The molecule has 0 saturated carbocycles. The Labute approximate surface area is 168 Å². The molecule has 0 radical (unpaired) electrons. The molecule has 148 valence electrons. The van der Waals surface area contributed by atoms with Crippen molar-refractivity contribution in [2.45, 2.75) is 19.8 Å². The summed E-state index contributed by atoms with van der Waals surface area (Å²) in [6.45, 7) is 3.44. The van der Waals surface area contributed by atoms with Crippen LogP contribution < -0.4 is 10.9 Å². The Kier molecular flexibility index (Phi) is 6.19. The maximum Gasteiger partial charge on any atom is 0.339 e. The highest BCUT2D eigenvalue weighted by Crippen LogP contribution is 2.23. The summed E-state index contributed by atoms with van der Waals surface area (Å²) in [6, 6.07) is 17.4. The first kappa shape index (κ1) is 20.0. The van der Waals surface area contributed by atoms with Gasteiger partial charge >= 0.3 is 5.97 Å². The molecule has 0 spiro atoms. The fourth-order valence-electron chi connectivity index (χ4n) is 2.69. The Hall–Kier alpha value is -3.74. The molecule has 3 rings (SSSR count). The number of hydrazine groups is 1. The van der Waals surface area contributed by atoms with E-state index in [2.05, 4.69) is 15.8 Å². The van der Waals surface area contributed by atoms with Gasteiger partial charge in [-0.05, 0) is 30.2 Å². The van der Waals surface area contributed by atoms with Crippen LogP contribution in [0.4, 0.5) is 0 Å². The van der Waals surface area contributed by atoms with Gasteiger partial charge in [0.2, 0.25) is 0 Å². The summed E-state index contributed by atoms with van der Waals surface area (Å²) in [5, 5.41) is 0.652. The molecule has 0 aliphatic carbocycles. The Morgan fingerprint density at radius 2 is 1.66 bits per heavy atom. The number of ether oxygens (including phenoxy) is 1. The standard InChI is InChI=1S/C22H21N3O4/c1-14(2)19-12-17(16-10-6-7-11-18(16)23-19)22(28)29-13-20(26)24-25-21(27)15-8-4-3-5-9-15/h3-12,14H,13H2,1-2H3,(H,24,26)(H,25,27). The molecule has 2 amide bonds. The van der Waals surface area contributed by atoms with Crippen molar-refractivity contribution < 1.29 is 19.1 Å². The molecule has 0 aliphatic heterocycles. The van der Waals surface area contributed by atoms with E-state index in [1.165, 1.54) is 0 Å². The van der Waals surface area contributed by atoms with Crippen LogP contribution in [0.3, 0.4) is 0 Å². The highest BCUT2D eigenvalue weighted by atomic mass is 16.5. The van der Waals surface area contributed by atoms with Gasteiger partial charge in [0.25, 0.3) is 11.8 Å². The van der Waals surface area contributed by atoms with E-state index >= 15 is 0 Å². The zero-order valence-corrected chi connectivity index (χ0v) is 16.1. The Balaban J connectivity index is 1.63. The summed E-state index contributed by atoms with van der Waals surface area (Å²) in [7, 11) is 0. The third-order valence-electron chi connectivity index (χ3n) is 4.23. The average Bonchev–Trinajstić information content (AvgIpc) is 2.75. The van der Waals surface area contributed by atoms with Crippen molar-refractivity contribution in [2.24, 2.45) is 0 Å². The molecule has 0 bridgehead atoms. The normalized spacial score (nSPS) is 10.6. The maximum atomic E-state index is 12.6. The van der Waals surface area contributed by atoms with Gasteiger partial charge in [0.05, 0.1) is 11.1 Å². The van der Waals surface area contributed by atoms with Gasteiger partial charge in [0.1, 0.15) is 0 Å². The summed E-state index contributed by atoms with van der Waals surface area (Å²) < 4.78 is 5.14. The smallest absolute Gasteiger partial charge is 0.339 e. The van der Waals surface area contributed by atoms with E-state index in [1.807, 2.05) is 32.0 Å². The van der Waals surface area contributed by atoms with Gasteiger partial charge in [-0.3, -0.25) is 25.4 Å². The van der Waals surface area contributed by atoms with Gasteiger partial charge in [-0.2, -0.15) is 0 Å². The third-order valence-corrected chi connectivity index (χ3v) is 4.23. The lowest BCUT2D eigenvalue weighted by Gasteiger charge is -2.12. The number of para-hydroxylation sites is 1.